The van der Waals surface area contributed by atoms with E-state index in [0.29, 0.717) is 10.8 Å². The minimum Gasteiger partial charge on any atom is -0.455 e. The number of para-hydroxylation sites is 2. The number of hydrogen-bond donors (Lipinski definition) is 1. The first-order chi connectivity index (χ1) is 11.3. The molecule has 0 atom stereocenters. The molecule has 1 aromatic heterocycles. The summed E-state index contributed by atoms with van der Waals surface area (Å²) in [7, 11) is 0. The summed E-state index contributed by atoms with van der Waals surface area (Å²) in [5.41, 5.74) is 5.43. The van der Waals surface area contributed by atoms with Crippen molar-refractivity contribution in [2.24, 2.45) is 10.1 Å². The molecule has 23 heavy (non-hydrogen) atoms. The van der Waals surface area contributed by atoms with Gasteiger partial charge in [-0.3, -0.25) is 5.43 Å². The molecular formula is C17H12ClN3OS. The Hall–Kier alpha value is -2.24. The first kappa shape index (κ1) is 14.4. The normalized spacial score (nSPS) is 16.4. The highest BCUT2D eigenvalue weighted by atomic mass is 35.5. The molecule has 4 rings (SSSR count). The third kappa shape index (κ3) is 2.98. The number of halogens is 1. The second-order valence-electron chi connectivity index (χ2n) is 4.98. The second-order valence-corrected chi connectivity index (χ2v) is 6.35. The summed E-state index contributed by atoms with van der Waals surface area (Å²) >= 11 is 7.69. The number of hydrogen-bond acceptors (Lipinski definition) is 4. The Labute approximate surface area is 142 Å². The van der Waals surface area contributed by atoms with Gasteiger partial charge in [0.1, 0.15) is 11.3 Å². The van der Waals surface area contributed by atoms with Gasteiger partial charge >= 0.3 is 0 Å². The first-order valence-corrected chi connectivity index (χ1v) is 8.43. The van der Waals surface area contributed by atoms with Crippen molar-refractivity contribution in [3.05, 3.63) is 65.4 Å². The summed E-state index contributed by atoms with van der Waals surface area (Å²) in [4.78, 5) is 4.49. The highest BCUT2D eigenvalue weighted by Gasteiger charge is 2.17. The summed E-state index contributed by atoms with van der Waals surface area (Å²) in [5, 5.41) is 6.80. The molecule has 0 radical (unpaired) electrons. The number of amidine groups is 1. The van der Waals surface area contributed by atoms with Gasteiger partial charge in [0.2, 0.25) is 0 Å². The zero-order valence-corrected chi connectivity index (χ0v) is 13.6. The van der Waals surface area contributed by atoms with Gasteiger partial charge in [0.15, 0.2) is 10.9 Å². The zero-order chi connectivity index (χ0) is 15.6. The van der Waals surface area contributed by atoms with E-state index >= 15 is 0 Å². The van der Waals surface area contributed by atoms with Crippen LogP contribution in [0, 0.1) is 0 Å². The van der Waals surface area contributed by atoms with E-state index in [2.05, 4.69) is 15.5 Å². The van der Waals surface area contributed by atoms with Gasteiger partial charge in [-0.25, -0.2) is 4.99 Å². The molecule has 0 aliphatic carbocycles. The van der Waals surface area contributed by atoms with Crippen LogP contribution in [0.3, 0.4) is 0 Å². The summed E-state index contributed by atoms with van der Waals surface area (Å²) in [5.74, 6) is 1.47. The summed E-state index contributed by atoms with van der Waals surface area (Å²) in [6, 6.07) is 17.4. The van der Waals surface area contributed by atoms with Gasteiger partial charge in [-0.2, -0.15) is 5.10 Å². The van der Waals surface area contributed by atoms with Crippen LogP contribution in [-0.4, -0.2) is 16.6 Å². The Kier molecular flexibility index (Phi) is 3.81. The van der Waals surface area contributed by atoms with E-state index in [4.69, 9.17) is 16.0 Å². The molecule has 1 N–H and O–H groups in total. The van der Waals surface area contributed by atoms with Crippen molar-refractivity contribution in [1.29, 1.82) is 0 Å². The molecule has 1 aliphatic heterocycles. The van der Waals surface area contributed by atoms with Crippen molar-refractivity contribution < 1.29 is 4.42 Å². The average molecular weight is 342 g/mol. The molecule has 0 saturated heterocycles. The molecule has 0 fully saturated rings. The maximum atomic E-state index is 6.12. The molecular weight excluding hydrogens is 330 g/mol. The fourth-order valence-corrected chi connectivity index (χ4v) is 3.21. The monoisotopic (exact) mass is 341 g/mol. The first-order valence-electron chi connectivity index (χ1n) is 7.07. The van der Waals surface area contributed by atoms with Crippen LogP contribution >= 0.6 is 23.4 Å². The van der Waals surface area contributed by atoms with Gasteiger partial charge in [-0.15, -0.1) is 0 Å². The number of rotatable bonds is 2. The number of hydrazone groups is 1. The fraction of sp³-hybridized carbons (Fsp3) is 0.0588. The number of nitrogens with zero attached hydrogens (tertiary/aromatic N) is 2. The number of aliphatic imine (C=N–C) groups is 1. The van der Waals surface area contributed by atoms with Crippen molar-refractivity contribution in [3.8, 4) is 0 Å². The Balaban J connectivity index is 1.58. The lowest BCUT2D eigenvalue weighted by atomic mass is 10.2. The lowest BCUT2D eigenvalue weighted by molar-refractivity contribution is 0.603. The molecule has 4 nitrogen and oxygen atoms in total. The molecule has 0 saturated carbocycles. The Morgan fingerprint density at radius 3 is 2.74 bits per heavy atom. The highest BCUT2D eigenvalue weighted by Crippen LogP contribution is 2.26. The van der Waals surface area contributed by atoms with Crippen LogP contribution in [0.1, 0.15) is 5.76 Å². The quantitative estimate of drug-likeness (QED) is 0.727. The second kappa shape index (κ2) is 6.10. The largest absolute Gasteiger partial charge is 0.455 e. The maximum absolute atomic E-state index is 6.12. The van der Waals surface area contributed by atoms with Crippen LogP contribution in [0.5, 0.6) is 0 Å². The molecule has 114 valence electrons. The predicted molar refractivity (Wildman–Crippen MR) is 96.9 cm³/mol. The van der Waals surface area contributed by atoms with Gasteiger partial charge in [-0.05, 0) is 24.3 Å². The highest BCUT2D eigenvalue weighted by molar-refractivity contribution is 8.14. The topological polar surface area (TPSA) is 49.9 Å². The Morgan fingerprint density at radius 1 is 1.13 bits per heavy atom. The van der Waals surface area contributed by atoms with Crippen LogP contribution < -0.4 is 5.43 Å². The fourth-order valence-electron chi connectivity index (χ4n) is 2.28. The van der Waals surface area contributed by atoms with E-state index in [1.165, 1.54) is 0 Å². The standard InChI is InChI=1S/C17H12ClN3OS/c18-12-6-2-3-7-13(12)19-17-21-20-14(10-23-17)16-9-11-5-1-4-8-15(11)22-16/h1-9H,10H2,(H,19,21). The third-order valence-corrected chi connectivity index (χ3v) is 4.61. The Bertz CT molecular complexity index is 899. The lowest BCUT2D eigenvalue weighted by Crippen LogP contribution is -2.24. The number of furan rings is 1. The number of benzene rings is 2. The molecule has 2 aromatic carbocycles. The van der Waals surface area contributed by atoms with Gasteiger partial charge in [0.05, 0.1) is 10.7 Å². The predicted octanol–water partition coefficient (Wildman–Crippen LogP) is 4.81. The number of thioether (sulfide) groups is 1. The van der Waals surface area contributed by atoms with Gasteiger partial charge < -0.3 is 4.42 Å². The SMILES string of the molecule is Clc1ccccc1N=C1NN=C(c2cc3ccccc3o2)CS1. The van der Waals surface area contributed by atoms with E-state index in [1.807, 2.05) is 54.6 Å². The minimum absolute atomic E-state index is 0.620. The molecule has 2 heterocycles. The van der Waals surface area contributed by atoms with Crippen LogP contribution in [0.2, 0.25) is 5.02 Å². The number of nitrogens with one attached hydrogen (secondary N) is 1. The third-order valence-electron chi connectivity index (χ3n) is 3.42. The van der Waals surface area contributed by atoms with E-state index in [0.717, 1.165) is 33.3 Å². The van der Waals surface area contributed by atoms with Crippen LogP contribution in [0.4, 0.5) is 5.69 Å². The minimum atomic E-state index is 0.620. The summed E-state index contributed by atoms with van der Waals surface area (Å²) in [6.07, 6.45) is 0. The average Bonchev–Trinajstić information content (AvgIpc) is 3.02. The number of fused-ring (bicyclic) bond motifs is 1. The van der Waals surface area contributed by atoms with Crippen LogP contribution in [-0.2, 0) is 0 Å². The molecule has 6 heteroatoms. The van der Waals surface area contributed by atoms with Crippen molar-refractivity contribution in [2.75, 3.05) is 5.75 Å². The van der Waals surface area contributed by atoms with Gasteiger partial charge in [-0.1, -0.05) is 53.7 Å². The van der Waals surface area contributed by atoms with Gasteiger partial charge in [0.25, 0.3) is 0 Å². The molecule has 1 aliphatic rings. The van der Waals surface area contributed by atoms with Gasteiger partial charge in [0, 0.05) is 11.1 Å². The Morgan fingerprint density at radius 2 is 1.96 bits per heavy atom. The van der Waals surface area contributed by atoms with Crippen molar-refractivity contribution >= 4 is 50.9 Å². The van der Waals surface area contributed by atoms with Crippen molar-refractivity contribution in [2.45, 2.75) is 0 Å². The van der Waals surface area contributed by atoms with Crippen LogP contribution in [0.25, 0.3) is 11.0 Å². The summed E-state index contributed by atoms with van der Waals surface area (Å²) < 4.78 is 5.84. The lowest BCUT2D eigenvalue weighted by Gasteiger charge is -2.13. The van der Waals surface area contributed by atoms with Crippen molar-refractivity contribution in [3.63, 3.8) is 0 Å². The van der Waals surface area contributed by atoms with E-state index in [1.54, 1.807) is 11.8 Å². The van der Waals surface area contributed by atoms with Crippen molar-refractivity contribution in [1.82, 2.24) is 5.43 Å². The molecule has 0 unspecified atom stereocenters. The van der Waals surface area contributed by atoms with E-state index < -0.39 is 0 Å². The summed E-state index contributed by atoms with van der Waals surface area (Å²) in [6.45, 7) is 0. The molecule has 0 amide bonds. The molecule has 0 bridgehead atoms. The molecule has 3 aromatic rings. The smallest absolute Gasteiger partial charge is 0.182 e. The maximum Gasteiger partial charge on any atom is 0.182 e. The zero-order valence-electron chi connectivity index (χ0n) is 12.0. The van der Waals surface area contributed by atoms with Crippen LogP contribution in [0.15, 0.2) is 69.1 Å². The molecule has 0 spiro atoms. The van der Waals surface area contributed by atoms with E-state index in [9.17, 15) is 0 Å². The van der Waals surface area contributed by atoms with E-state index in [-0.39, 0.29) is 0 Å².